The van der Waals surface area contributed by atoms with E-state index in [1.165, 1.54) is 0 Å². The highest BCUT2D eigenvalue weighted by molar-refractivity contribution is 5.08. The third-order valence-corrected chi connectivity index (χ3v) is 1.06. The summed E-state index contributed by atoms with van der Waals surface area (Å²) in [6.07, 6.45) is -4.14. The van der Waals surface area contributed by atoms with E-state index in [4.69, 9.17) is 0 Å². The number of alkyl halides is 5. The van der Waals surface area contributed by atoms with Crippen LogP contribution in [0.2, 0.25) is 0 Å². The molecule has 3 nitrogen and oxygen atoms in total. The third-order valence-electron chi connectivity index (χ3n) is 1.06. The fourth-order valence-electron chi connectivity index (χ4n) is 0.662. The van der Waals surface area contributed by atoms with Crippen LogP contribution in [-0.4, -0.2) is 16.4 Å². The van der Waals surface area contributed by atoms with Crippen LogP contribution in [0.1, 0.15) is 0 Å². The van der Waals surface area contributed by atoms with Crippen LogP contribution in [-0.2, 0) is 6.30 Å². The molecule has 0 aliphatic rings. The highest BCUT2D eigenvalue weighted by Gasteiger charge is 2.35. The second kappa shape index (κ2) is 3.19. The molecule has 1 rings (SSSR count). The molecular formula is C5H3F5N2O. The zero-order chi connectivity index (χ0) is 10.1. The molecule has 0 saturated carbocycles. The van der Waals surface area contributed by atoms with Crippen LogP contribution >= 0.6 is 0 Å². The van der Waals surface area contributed by atoms with Crippen molar-refractivity contribution in [3.05, 3.63) is 12.3 Å². The van der Waals surface area contributed by atoms with Crippen molar-refractivity contribution in [3.8, 4) is 5.88 Å². The molecule has 0 spiro atoms. The molecular weight excluding hydrogens is 199 g/mol. The Balaban J connectivity index is 2.90. The Labute approximate surface area is 68.7 Å². The van der Waals surface area contributed by atoms with Crippen molar-refractivity contribution in [1.82, 2.24) is 9.78 Å². The van der Waals surface area contributed by atoms with E-state index in [0.717, 1.165) is 0 Å². The van der Waals surface area contributed by atoms with Crippen molar-refractivity contribution in [2.45, 2.75) is 12.9 Å². The van der Waals surface area contributed by atoms with E-state index >= 15 is 0 Å². The second-order valence-electron chi connectivity index (χ2n) is 1.93. The van der Waals surface area contributed by atoms with Crippen LogP contribution in [0.15, 0.2) is 12.3 Å². The first-order chi connectivity index (χ1) is 5.91. The maximum absolute atomic E-state index is 11.9. The molecule has 1 aromatic heterocycles. The molecule has 0 bridgehead atoms. The largest absolute Gasteiger partial charge is 0.507 e. The van der Waals surface area contributed by atoms with Crippen molar-refractivity contribution in [2.24, 2.45) is 0 Å². The fourth-order valence-corrected chi connectivity index (χ4v) is 0.662. The highest BCUT2D eigenvalue weighted by Crippen LogP contribution is 2.27. The number of halogens is 5. The van der Waals surface area contributed by atoms with Crippen molar-refractivity contribution >= 4 is 0 Å². The maximum Gasteiger partial charge on any atom is 0.507 e. The summed E-state index contributed by atoms with van der Waals surface area (Å²) < 4.78 is 61.8. The number of aromatic nitrogens is 2. The lowest BCUT2D eigenvalue weighted by atomic mass is 10.7. The van der Waals surface area contributed by atoms with E-state index in [1.807, 2.05) is 0 Å². The molecule has 0 amide bonds. The van der Waals surface area contributed by atoms with Crippen LogP contribution < -0.4 is 4.74 Å². The molecule has 0 radical (unpaired) electrons. The summed E-state index contributed by atoms with van der Waals surface area (Å²) in [5, 5.41) is 2.77. The first-order valence-electron chi connectivity index (χ1n) is 2.97. The Hall–Kier alpha value is -1.34. The monoisotopic (exact) mass is 202 g/mol. The topological polar surface area (TPSA) is 27.1 Å². The van der Waals surface area contributed by atoms with Gasteiger partial charge in [0, 0.05) is 6.07 Å². The van der Waals surface area contributed by atoms with Gasteiger partial charge in [0.15, 0.2) is 0 Å². The lowest BCUT2D eigenvalue weighted by Crippen LogP contribution is -2.20. The van der Waals surface area contributed by atoms with Gasteiger partial charge < -0.3 is 4.74 Å². The van der Waals surface area contributed by atoms with Gasteiger partial charge in [0.2, 0.25) is 5.88 Å². The molecule has 13 heavy (non-hydrogen) atoms. The molecule has 0 unspecified atom stereocenters. The van der Waals surface area contributed by atoms with Gasteiger partial charge in [-0.2, -0.15) is 13.9 Å². The minimum Gasteiger partial charge on any atom is -0.417 e. The Morgan fingerprint density at radius 1 is 1.38 bits per heavy atom. The number of nitrogens with zero attached hydrogens (tertiary/aromatic N) is 2. The van der Waals surface area contributed by atoms with Crippen molar-refractivity contribution < 1.29 is 26.7 Å². The lowest BCUT2D eigenvalue weighted by Gasteiger charge is -2.10. The lowest BCUT2D eigenvalue weighted by molar-refractivity contribution is -0.218. The maximum atomic E-state index is 11.9. The number of ether oxygens (including phenoxy) is 1. The fraction of sp³-hybridized carbons (Fsp3) is 0.400. The van der Waals surface area contributed by atoms with Gasteiger partial charge in [0.05, 0.1) is 6.20 Å². The van der Waals surface area contributed by atoms with Gasteiger partial charge in [-0.1, -0.05) is 0 Å². The van der Waals surface area contributed by atoms with E-state index in [-0.39, 0.29) is 0 Å². The van der Waals surface area contributed by atoms with Crippen LogP contribution in [0, 0.1) is 0 Å². The summed E-state index contributed by atoms with van der Waals surface area (Å²) in [5.41, 5.74) is 0. The molecule has 0 saturated heterocycles. The van der Waals surface area contributed by atoms with Crippen LogP contribution in [0.3, 0.4) is 0 Å². The van der Waals surface area contributed by atoms with Crippen LogP contribution in [0.4, 0.5) is 22.0 Å². The van der Waals surface area contributed by atoms with Crippen LogP contribution in [0.25, 0.3) is 0 Å². The minimum atomic E-state index is -4.85. The molecule has 74 valence electrons. The Bertz CT molecular complexity index is 281. The molecule has 0 fully saturated rings. The zero-order valence-corrected chi connectivity index (χ0v) is 5.92. The number of hydrogen-bond donors (Lipinski definition) is 0. The normalized spacial score (nSPS) is 12.2. The molecule has 0 aliphatic heterocycles. The van der Waals surface area contributed by atoms with Crippen molar-refractivity contribution in [3.63, 3.8) is 0 Å². The standard InChI is InChI=1S/C5H3F5N2O/c6-4(7)13-3-1-2-11-12(3)5(8,9)10/h1-2,4H. The molecule has 1 aromatic rings. The van der Waals surface area contributed by atoms with Gasteiger partial charge >= 0.3 is 12.9 Å². The Kier molecular flexibility index (Phi) is 2.39. The van der Waals surface area contributed by atoms with Gasteiger partial charge in [-0.05, 0) is 0 Å². The van der Waals surface area contributed by atoms with Crippen molar-refractivity contribution in [1.29, 1.82) is 0 Å². The van der Waals surface area contributed by atoms with E-state index in [1.54, 1.807) is 0 Å². The quantitative estimate of drug-likeness (QED) is 0.685. The predicted octanol–water partition coefficient (Wildman–Crippen LogP) is 1.96. The summed E-state index contributed by atoms with van der Waals surface area (Å²) in [7, 11) is 0. The molecule has 0 N–H and O–H groups in total. The first kappa shape index (κ1) is 9.75. The van der Waals surface area contributed by atoms with E-state index < -0.39 is 23.5 Å². The average molecular weight is 202 g/mol. The first-order valence-corrected chi connectivity index (χ1v) is 2.97. The zero-order valence-electron chi connectivity index (χ0n) is 5.92. The number of hydrogen-bond acceptors (Lipinski definition) is 2. The molecule has 0 atom stereocenters. The van der Waals surface area contributed by atoms with E-state index in [9.17, 15) is 22.0 Å². The smallest absolute Gasteiger partial charge is 0.417 e. The molecule has 0 aromatic carbocycles. The Morgan fingerprint density at radius 2 is 2.00 bits per heavy atom. The predicted molar refractivity (Wildman–Crippen MR) is 30.2 cm³/mol. The molecule has 0 aliphatic carbocycles. The van der Waals surface area contributed by atoms with Crippen molar-refractivity contribution in [2.75, 3.05) is 0 Å². The molecule has 1 heterocycles. The van der Waals surface area contributed by atoms with Gasteiger partial charge in [0.1, 0.15) is 0 Å². The summed E-state index contributed by atoms with van der Waals surface area (Å²) in [6, 6.07) is 0.694. The summed E-state index contributed by atoms with van der Waals surface area (Å²) in [5.74, 6) is -1.04. The van der Waals surface area contributed by atoms with E-state index in [0.29, 0.717) is 12.3 Å². The Morgan fingerprint density at radius 3 is 2.46 bits per heavy atom. The third kappa shape index (κ3) is 2.30. The number of rotatable bonds is 2. The van der Waals surface area contributed by atoms with Crippen LogP contribution in [0.5, 0.6) is 5.88 Å². The van der Waals surface area contributed by atoms with E-state index in [2.05, 4.69) is 9.84 Å². The molecule has 8 heteroatoms. The summed E-state index contributed by atoms with van der Waals surface area (Å²) in [4.78, 5) is 0. The highest BCUT2D eigenvalue weighted by atomic mass is 19.4. The van der Waals surface area contributed by atoms with Gasteiger partial charge in [-0.15, -0.1) is 17.9 Å². The van der Waals surface area contributed by atoms with Gasteiger partial charge in [-0.25, -0.2) is 0 Å². The SMILES string of the molecule is FC(F)Oc1ccnn1C(F)(F)F. The van der Waals surface area contributed by atoms with Gasteiger partial charge in [0.25, 0.3) is 0 Å². The summed E-state index contributed by atoms with van der Waals surface area (Å²) >= 11 is 0. The average Bonchev–Trinajstić information content (AvgIpc) is 2.31. The summed E-state index contributed by atoms with van der Waals surface area (Å²) in [6.45, 7) is -3.31. The van der Waals surface area contributed by atoms with Gasteiger partial charge in [-0.3, -0.25) is 0 Å². The minimum absolute atomic E-state index is 0.584. The second-order valence-corrected chi connectivity index (χ2v) is 1.93.